The van der Waals surface area contributed by atoms with Gasteiger partial charge in [-0.25, -0.2) is 24.6 Å². The summed E-state index contributed by atoms with van der Waals surface area (Å²) in [5.74, 6) is -0.647. The molecule has 4 N–H and O–H groups in total. The van der Waals surface area contributed by atoms with Gasteiger partial charge < -0.3 is 0 Å². The molecule has 160 valence electrons. The molecule has 0 aromatic carbocycles. The fourth-order valence-corrected chi connectivity index (χ4v) is 5.77. The van der Waals surface area contributed by atoms with Gasteiger partial charge in [0.05, 0.1) is 6.04 Å². The molecule has 1 saturated carbocycles. The molecule has 7 atom stereocenters. The van der Waals surface area contributed by atoms with Crippen molar-refractivity contribution in [3.63, 3.8) is 0 Å². The van der Waals surface area contributed by atoms with E-state index in [4.69, 9.17) is 11.6 Å². The molecule has 0 aromatic rings. The van der Waals surface area contributed by atoms with E-state index in [-0.39, 0.29) is 36.0 Å². The van der Waals surface area contributed by atoms with E-state index in [1.807, 2.05) is 0 Å². The molecule has 0 aromatic heterocycles. The van der Waals surface area contributed by atoms with Gasteiger partial charge in [-0.1, -0.05) is 12.8 Å². The molecule has 3 saturated heterocycles. The first kappa shape index (κ1) is 20.7. The zero-order valence-electron chi connectivity index (χ0n) is 16.2. The molecule has 0 spiro atoms. The molecule has 4 aliphatic rings. The van der Waals surface area contributed by atoms with E-state index in [0.717, 1.165) is 32.2 Å². The Bertz CT molecular complexity index is 572. The SMILES string of the molecule is C[C@H]1CC2C(CN1C1CNNC(=O)C1Cl)NNN2CC1CCCCC1C(F)F. The number of hydrogen-bond donors (Lipinski definition) is 4. The van der Waals surface area contributed by atoms with E-state index in [0.29, 0.717) is 19.5 Å². The zero-order chi connectivity index (χ0) is 19.8. The summed E-state index contributed by atoms with van der Waals surface area (Å²) in [4.78, 5) is 14.2. The van der Waals surface area contributed by atoms with Crippen molar-refractivity contribution in [1.29, 1.82) is 0 Å². The lowest BCUT2D eigenvalue weighted by Gasteiger charge is -2.47. The fourth-order valence-electron chi connectivity index (χ4n) is 5.48. The van der Waals surface area contributed by atoms with Gasteiger partial charge in [-0.15, -0.1) is 11.6 Å². The van der Waals surface area contributed by atoms with Crippen LogP contribution in [0.1, 0.15) is 39.0 Å². The molecule has 28 heavy (non-hydrogen) atoms. The van der Waals surface area contributed by atoms with E-state index in [2.05, 4.69) is 38.6 Å². The number of alkyl halides is 3. The minimum atomic E-state index is -2.23. The van der Waals surface area contributed by atoms with Crippen LogP contribution >= 0.6 is 11.6 Å². The number of carbonyl (C=O) groups is 1. The van der Waals surface area contributed by atoms with E-state index < -0.39 is 17.7 Å². The number of nitrogens with zero attached hydrogens (tertiary/aromatic N) is 2. The first-order valence-corrected chi connectivity index (χ1v) is 10.9. The number of fused-ring (bicyclic) bond motifs is 1. The van der Waals surface area contributed by atoms with Crippen molar-refractivity contribution in [3.8, 4) is 0 Å². The number of carbonyl (C=O) groups excluding carboxylic acids is 1. The summed E-state index contributed by atoms with van der Waals surface area (Å²) in [6.07, 6.45) is 2.14. The first-order valence-electron chi connectivity index (χ1n) is 10.4. The molecule has 0 bridgehead atoms. The van der Waals surface area contributed by atoms with Crippen LogP contribution in [0.3, 0.4) is 0 Å². The van der Waals surface area contributed by atoms with Crippen LogP contribution in [0, 0.1) is 11.8 Å². The van der Waals surface area contributed by atoms with Gasteiger partial charge in [0.1, 0.15) is 5.38 Å². The Balaban J connectivity index is 1.39. The summed E-state index contributed by atoms with van der Waals surface area (Å²) in [6, 6.07) is 0.620. The van der Waals surface area contributed by atoms with Gasteiger partial charge in [-0.05, 0) is 32.1 Å². The van der Waals surface area contributed by atoms with Crippen LogP contribution in [0.15, 0.2) is 0 Å². The second-order valence-electron chi connectivity index (χ2n) is 8.75. The highest BCUT2D eigenvalue weighted by Crippen LogP contribution is 2.36. The van der Waals surface area contributed by atoms with Crippen molar-refractivity contribution in [2.45, 2.75) is 75.0 Å². The smallest absolute Gasteiger partial charge is 0.253 e. The second-order valence-corrected chi connectivity index (χ2v) is 9.22. The first-order chi connectivity index (χ1) is 13.5. The van der Waals surface area contributed by atoms with E-state index >= 15 is 0 Å². The lowest BCUT2D eigenvalue weighted by Crippen LogP contribution is -2.67. The number of piperidine rings is 1. The average molecular weight is 421 g/mol. The molecule has 1 aliphatic carbocycles. The van der Waals surface area contributed by atoms with Crippen molar-refractivity contribution >= 4 is 17.5 Å². The van der Waals surface area contributed by atoms with Crippen molar-refractivity contribution < 1.29 is 13.6 Å². The number of likely N-dealkylation sites (tertiary alicyclic amines) is 1. The number of halogens is 3. The van der Waals surface area contributed by atoms with E-state index in [1.54, 1.807) is 0 Å². The van der Waals surface area contributed by atoms with Crippen LogP contribution in [-0.4, -0.2) is 71.4 Å². The van der Waals surface area contributed by atoms with Gasteiger partial charge in [0.2, 0.25) is 6.43 Å². The van der Waals surface area contributed by atoms with Gasteiger partial charge in [0.15, 0.2) is 0 Å². The van der Waals surface area contributed by atoms with E-state index in [9.17, 15) is 13.6 Å². The van der Waals surface area contributed by atoms with Gasteiger partial charge in [0, 0.05) is 43.7 Å². The Morgan fingerprint density at radius 3 is 2.82 bits per heavy atom. The number of hydrazine groups is 3. The quantitative estimate of drug-likeness (QED) is 0.505. The monoisotopic (exact) mass is 420 g/mol. The van der Waals surface area contributed by atoms with Crippen molar-refractivity contribution in [3.05, 3.63) is 0 Å². The summed E-state index contributed by atoms with van der Waals surface area (Å²) in [7, 11) is 0. The lowest BCUT2D eigenvalue weighted by atomic mass is 9.79. The molecule has 4 rings (SSSR count). The van der Waals surface area contributed by atoms with Crippen molar-refractivity contribution in [2.24, 2.45) is 11.8 Å². The Kier molecular flexibility index (Phi) is 6.39. The summed E-state index contributed by atoms with van der Waals surface area (Å²) in [5.41, 5.74) is 12.1. The summed E-state index contributed by atoms with van der Waals surface area (Å²) in [6.45, 7) is 4.19. The van der Waals surface area contributed by atoms with Crippen molar-refractivity contribution in [2.75, 3.05) is 19.6 Å². The number of amides is 1. The van der Waals surface area contributed by atoms with Crippen molar-refractivity contribution in [1.82, 2.24) is 31.7 Å². The highest BCUT2D eigenvalue weighted by atomic mass is 35.5. The van der Waals surface area contributed by atoms with Crippen LogP contribution in [0.2, 0.25) is 0 Å². The molecule has 3 aliphatic heterocycles. The standard InChI is InChI=1S/C18H31ClF2N6O/c1-10-6-14-13(9-26(10)15-7-22-24-18(28)16(15)19)23-25-27(14)8-11-4-2-3-5-12(11)17(20)21/h10-17,22-23,25H,2-9H2,1H3,(H,24,28)/t10-,11?,12?,13?,14?,15?,16?/m0/s1. The lowest BCUT2D eigenvalue weighted by molar-refractivity contribution is -0.125. The minimum absolute atomic E-state index is 0.0357. The topological polar surface area (TPSA) is 71.7 Å². The van der Waals surface area contributed by atoms with Gasteiger partial charge in [-0.2, -0.15) is 5.53 Å². The Labute approximate surface area is 169 Å². The largest absolute Gasteiger partial charge is 0.293 e. The van der Waals surface area contributed by atoms with Crippen LogP contribution in [0.4, 0.5) is 8.78 Å². The van der Waals surface area contributed by atoms with Crippen LogP contribution in [0.5, 0.6) is 0 Å². The Morgan fingerprint density at radius 1 is 1.25 bits per heavy atom. The maximum absolute atomic E-state index is 13.5. The highest BCUT2D eigenvalue weighted by Gasteiger charge is 2.47. The maximum Gasteiger partial charge on any atom is 0.253 e. The van der Waals surface area contributed by atoms with Gasteiger partial charge >= 0.3 is 0 Å². The minimum Gasteiger partial charge on any atom is -0.293 e. The summed E-state index contributed by atoms with van der Waals surface area (Å²) < 4.78 is 26.9. The number of rotatable bonds is 4. The molecule has 10 heteroatoms. The summed E-state index contributed by atoms with van der Waals surface area (Å²) in [5, 5.41) is 1.56. The predicted molar refractivity (Wildman–Crippen MR) is 102 cm³/mol. The Morgan fingerprint density at radius 2 is 2.04 bits per heavy atom. The van der Waals surface area contributed by atoms with E-state index in [1.165, 1.54) is 0 Å². The van der Waals surface area contributed by atoms with Gasteiger partial charge in [0.25, 0.3) is 5.91 Å². The average Bonchev–Trinajstić information content (AvgIpc) is 3.05. The third-order valence-corrected chi connectivity index (χ3v) is 7.56. The summed E-state index contributed by atoms with van der Waals surface area (Å²) >= 11 is 6.37. The molecule has 4 fully saturated rings. The number of hydrogen-bond acceptors (Lipinski definition) is 6. The third kappa shape index (κ3) is 4.02. The highest BCUT2D eigenvalue weighted by molar-refractivity contribution is 6.31. The molecule has 1 amide bonds. The third-order valence-electron chi connectivity index (χ3n) is 7.07. The second kappa shape index (κ2) is 8.65. The number of nitrogens with one attached hydrogen (secondary N) is 4. The zero-order valence-corrected chi connectivity index (χ0v) is 17.0. The molecule has 6 unspecified atom stereocenters. The maximum atomic E-state index is 13.5. The predicted octanol–water partition coefficient (Wildman–Crippen LogP) is 0.825. The van der Waals surface area contributed by atoms with Crippen LogP contribution in [0.25, 0.3) is 0 Å². The fraction of sp³-hybridized carbons (Fsp3) is 0.944. The molecular weight excluding hydrogens is 390 g/mol. The van der Waals surface area contributed by atoms with Gasteiger partial charge in [-0.3, -0.25) is 15.1 Å². The van der Waals surface area contributed by atoms with Crippen LogP contribution in [-0.2, 0) is 4.79 Å². The molecule has 0 radical (unpaired) electrons. The van der Waals surface area contributed by atoms with Crippen LogP contribution < -0.4 is 21.8 Å². The molecular formula is C18H31ClF2N6O. The molecule has 7 nitrogen and oxygen atoms in total. The molecule has 3 heterocycles. The normalized spacial score (nSPS) is 43.2. The Hall–Kier alpha value is -0.580.